The van der Waals surface area contributed by atoms with E-state index in [1.165, 1.54) is 4.57 Å². The Hall–Kier alpha value is -3.52. The van der Waals surface area contributed by atoms with Crippen LogP contribution >= 0.6 is 0 Å². The first kappa shape index (κ1) is 18.3. The number of methoxy groups -OCH3 is 2. The zero-order chi connectivity index (χ0) is 19.6. The predicted octanol–water partition coefficient (Wildman–Crippen LogP) is 1.54. The van der Waals surface area contributed by atoms with Crippen LogP contribution < -0.4 is 9.47 Å². The molecule has 27 heavy (non-hydrogen) atoms. The molecule has 0 bridgehead atoms. The molecule has 0 saturated carbocycles. The summed E-state index contributed by atoms with van der Waals surface area (Å²) in [6.45, 7) is 2.68. The largest absolute Gasteiger partial charge is 0.493 e. The molecule has 0 radical (unpaired) electrons. The third kappa shape index (κ3) is 3.30. The lowest BCUT2D eigenvalue weighted by atomic mass is 9.98. The molecule has 8 nitrogen and oxygen atoms in total. The number of aryl methyl sites for hydroxylation is 1. The lowest BCUT2D eigenvalue weighted by Crippen LogP contribution is -2.38. The lowest BCUT2D eigenvalue weighted by molar-refractivity contribution is -0.132. The number of ether oxygens (including phenoxy) is 2. The van der Waals surface area contributed by atoms with Crippen molar-refractivity contribution in [3.05, 3.63) is 40.5 Å². The number of hydrogen-bond donors (Lipinski definition) is 0. The van der Waals surface area contributed by atoms with Crippen molar-refractivity contribution in [2.45, 2.75) is 26.4 Å². The molecule has 1 aliphatic rings. The van der Waals surface area contributed by atoms with Gasteiger partial charge in [0.25, 0.3) is 0 Å². The van der Waals surface area contributed by atoms with Crippen LogP contribution in [0.4, 0.5) is 0 Å². The van der Waals surface area contributed by atoms with E-state index in [1.807, 2.05) is 24.3 Å². The van der Waals surface area contributed by atoms with Crippen molar-refractivity contribution in [3.8, 4) is 23.6 Å². The summed E-state index contributed by atoms with van der Waals surface area (Å²) in [6, 6.07) is 7.70. The highest BCUT2D eigenvalue weighted by molar-refractivity contribution is 5.77. The van der Waals surface area contributed by atoms with Crippen LogP contribution in [0.2, 0.25) is 0 Å². The molecule has 2 heterocycles. The second-order valence-corrected chi connectivity index (χ2v) is 6.21. The van der Waals surface area contributed by atoms with E-state index in [2.05, 4.69) is 4.98 Å². The third-order valence-corrected chi connectivity index (χ3v) is 4.73. The Balaban J connectivity index is 1.82. The molecule has 0 unspecified atom stereocenters. The minimum Gasteiger partial charge on any atom is -0.493 e. The summed E-state index contributed by atoms with van der Waals surface area (Å²) in [4.78, 5) is 18.6. The van der Waals surface area contributed by atoms with Gasteiger partial charge in [-0.2, -0.15) is 10.5 Å². The molecule has 3 rings (SSSR count). The molecule has 8 heteroatoms. The van der Waals surface area contributed by atoms with Gasteiger partial charge >= 0.3 is 0 Å². The number of imidazole rings is 1. The van der Waals surface area contributed by atoms with Crippen LogP contribution in [0.15, 0.2) is 12.1 Å². The second-order valence-electron chi connectivity index (χ2n) is 6.21. The number of nitriles is 2. The Morgan fingerprint density at radius 3 is 2.44 bits per heavy atom. The molecule has 0 fully saturated rings. The topological polar surface area (TPSA) is 104 Å². The number of rotatable bonds is 4. The minimum atomic E-state index is -0.128. The fraction of sp³-hybridized carbons (Fsp3) is 0.368. The first-order valence-electron chi connectivity index (χ1n) is 8.41. The van der Waals surface area contributed by atoms with Crippen molar-refractivity contribution in [2.24, 2.45) is 0 Å². The molecule has 0 N–H and O–H groups in total. The van der Waals surface area contributed by atoms with Crippen molar-refractivity contribution in [1.82, 2.24) is 14.5 Å². The standard InChI is InChI=1S/C19H19N5O3/c1-12-22-15(8-20)16(9-21)24(12)11-19(25)23-5-4-13-6-17(26-2)18(27-3)7-14(13)10-23/h6-7H,4-5,10-11H2,1-3H3. The van der Waals surface area contributed by atoms with Crippen molar-refractivity contribution in [3.63, 3.8) is 0 Å². The molecule has 0 aliphatic carbocycles. The summed E-state index contributed by atoms with van der Waals surface area (Å²) in [5.74, 6) is 1.64. The van der Waals surface area contributed by atoms with E-state index in [-0.39, 0.29) is 23.8 Å². The van der Waals surface area contributed by atoms with Crippen LogP contribution in [-0.4, -0.2) is 41.1 Å². The van der Waals surface area contributed by atoms with Gasteiger partial charge in [-0.3, -0.25) is 4.79 Å². The Labute approximate surface area is 157 Å². The monoisotopic (exact) mass is 365 g/mol. The van der Waals surface area contributed by atoms with E-state index >= 15 is 0 Å². The molecular weight excluding hydrogens is 346 g/mol. The van der Waals surface area contributed by atoms with E-state index in [0.29, 0.717) is 36.8 Å². The quantitative estimate of drug-likeness (QED) is 0.814. The van der Waals surface area contributed by atoms with Crippen LogP contribution in [0.1, 0.15) is 28.3 Å². The number of fused-ring (bicyclic) bond motifs is 1. The molecule has 1 amide bonds. The van der Waals surface area contributed by atoms with Gasteiger partial charge in [-0.25, -0.2) is 4.98 Å². The van der Waals surface area contributed by atoms with Gasteiger partial charge in [0, 0.05) is 13.1 Å². The van der Waals surface area contributed by atoms with Gasteiger partial charge in [0.15, 0.2) is 22.9 Å². The summed E-state index contributed by atoms with van der Waals surface area (Å²) in [6.07, 6.45) is 0.707. The Kier molecular flexibility index (Phi) is 5.00. The molecule has 1 aromatic heterocycles. The van der Waals surface area contributed by atoms with Gasteiger partial charge in [0.2, 0.25) is 5.91 Å². The molecule has 1 aliphatic heterocycles. The van der Waals surface area contributed by atoms with Crippen molar-refractivity contribution in [2.75, 3.05) is 20.8 Å². The zero-order valence-electron chi connectivity index (χ0n) is 15.4. The van der Waals surface area contributed by atoms with E-state index in [1.54, 1.807) is 26.0 Å². The van der Waals surface area contributed by atoms with E-state index in [4.69, 9.17) is 14.7 Å². The van der Waals surface area contributed by atoms with E-state index in [0.717, 1.165) is 11.1 Å². The number of amides is 1. The van der Waals surface area contributed by atoms with Crippen LogP contribution in [0, 0.1) is 29.6 Å². The Morgan fingerprint density at radius 1 is 1.19 bits per heavy atom. The number of nitrogens with zero attached hydrogens (tertiary/aromatic N) is 5. The fourth-order valence-electron chi connectivity index (χ4n) is 3.28. The van der Waals surface area contributed by atoms with Gasteiger partial charge in [-0.05, 0) is 36.6 Å². The highest BCUT2D eigenvalue weighted by Gasteiger charge is 2.25. The van der Waals surface area contributed by atoms with Crippen molar-refractivity contribution < 1.29 is 14.3 Å². The molecule has 138 valence electrons. The van der Waals surface area contributed by atoms with Crippen LogP contribution in [-0.2, 0) is 24.3 Å². The summed E-state index contributed by atoms with van der Waals surface area (Å²) < 4.78 is 12.2. The highest BCUT2D eigenvalue weighted by Crippen LogP contribution is 2.33. The zero-order valence-corrected chi connectivity index (χ0v) is 15.4. The second kappa shape index (κ2) is 7.38. The maximum absolute atomic E-state index is 12.8. The fourth-order valence-corrected chi connectivity index (χ4v) is 3.28. The Bertz CT molecular complexity index is 981. The lowest BCUT2D eigenvalue weighted by Gasteiger charge is -2.30. The summed E-state index contributed by atoms with van der Waals surface area (Å²) in [5.41, 5.74) is 2.30. The average molecular weight is 365 g/mol. The number of aromatic nitrogens is 2. The predicted molar refractivity (Wildman–Crippen MR) is 95.1 cm³/mol. The van der Waals surface area contributed by atoms with Crippen LogP contribution in [0.25, 0.3) is 0 Å². The smallest absolute Gasteiger partial charge is 0.242 e. The van der Waals surface area contributed by atoms with Gasteiger partial charge in [-0.15, -0.1) is 0 Å². The van der Waals surface area contributed by atoms with Gasteiger partial charge < -0.3 is 18.9 Å². The average Bonchev–Trinajstić information content (AvgIpc) is 3.00. The van der Waals surface area contributed by atoms with Crippen LogP contribution in [0.5, 0.6) is 11.5 Å². The van der Waals surface area contributed by atoms with E-state index < -0.39 is 0 Å². The number of carbonyl (C=O) groups is 1. The van der Waals surface area contributed by atoms with Crippen molar-refractivity contribution >= 4 is 5.91 Å². The number of benzene rings is 1. The molecular formula is C19H19N5O3. The summed E-state index contributed by atoms with van der Waals surface area (Å²) in [5, 5.41) is 18.4. The Morgan fingerprint density at radius 2 is 1.85 bits per heavy atom. The number of hydrogen-bond acceptors (Lipinski definition) is 6. The van der Waals surface area contributed by atoms with Gasteiger partial charge in [-0.1, -0.05) is 0 Å². The molecule has 2 aromatic rings. The molecule has 0 saturated heterocycles. The van der Waals surface area contributed by atoms with Crippen LogP contribution in [0.3, 0.4) is 0 Å². The minimum absolute atomic E-state index is 0.0218. The number of carbonyl (C=O) groups excluding carboxylic acids is 1. The first-order chi connectivity index (χ1) is 13.0. The summed E-state index contributed by atoms with van der Waals surface area (Å²) in [7, 11) is 3.17. The third-order valence-electron chi connectivity index (χ3n) is 4.73. The first-order valence-corrected chi connectivity index (χ1v) is 8.41. The van der Waals surface area contributed by atoms with Gasteiger partial charge in [0.1, 0.15) is 24.5 Å². The van der Waals surface area contributed by atoms with Crippen molar-refractivity contribution in [1.29, 1.82) is 10.5 Å². The molecule has 0 spiro atoms. The normalized spacial score (nSPS) is 12.7. The SMILES string of the molecule is COc1cc2c(cc1OC)CN(C(=O)Cn1c(C)nc(C#N)c1C#N)CC2. The maximum Gasteiger partial charge on any atom is 0.242 e. The highest BCUT2D eigenvalue weighted by atomic mass is 16.5. The van der Waals surface area contributed by atoms with E-state index in [9.17, 15) is 10.1 Å². The molecule has 1 aromatic carbocycles. The maximum atomic E-state index is 12.8. The summed E-state index contributed by atoms with van der Waals surface area (Å²) >= 11 is 0. The molecule has 0 atom stereocenters. The van der Waals surface area contributed by atoms with Gasteiger partial charge in [0.05, 0.1) is 14.2 Å².